The predicted molar refractivity (Wildman–Crippen MR) is 106 cm³/mol. The van der Waals surface area contributed by atoms with Crippen LogP contribution in [0.15, 0.2) is 28.7 Å². The van der Waals surface area contributed by atoms with Gasteiger partial charge in [0.2, 0.25) is 0 Å². The Balaban J connectivity index is 2.01. The molecule has 1 N–H and O–H groups in total. The van der Waals surface area contributed by atoms with Gasteiger partial charge in [-0.2, -0.15) is 0 Å². The molecule has 0 radical (unpaired) electrons. The fourth-order valence-corrected chi connectivity index (χ4v) is 2.85. The predicted octanol–water partition coefficient (Wildman–Crippen LogP) is 4.92. The molecule has 1 aromatic heterocycles. The van der Waals surface area contributed by atoms with Crippen molar-refractivity contribution in [2.45, 2.75) is 33.0 Å². The molecule has 2 rings (SSSR count). The van der Waals surface area contributed by atoms with E-state index in [1.165, 1.54) is 0 Å². The van der Waals surface area contributed by atoms with Gasteiger partial charge in [-0.15, -0.1) is 11.3 Å². The summed E-state index contributed by atoms with van der Waals surface area (Å²) in [5.74, 6) is 0. The van der Waals surface area contributed by atoms with Gasteiger partial charge in [0.15, 0.2) is 17.1 Å². The van der Waals surface area contributed by atoms with Crippen molar-refractivity contribution in [3.63, 3.8) is 0 Å². The Hall–Kier alpha value is -2.16. The number of oxime groups is 1. The number of carbonyl (C=O) groups is 2. The summed E-state index contributed by atoms with van der Waals surface area (Å²) in [7, 11) is 0. The zero-order valence-corrected chi connectivity index (χ0v) is 17.1. The molecule has 1 heterocycles. The van der Waals surface area contributed by atoms with E-state index < -0.39 is 11.7 Å². The largest absolute Gasteiger partial charge is 0.444 e. The average molecular weight is 430 g/mol. The van der Waals surface area contributed by atoms with Crippen LogP contribution in [0.4, 0.5) is 9.93 Å². The van der Waals surface area contributed by atoms with Crippen LogP contribution in [0, 0.1) is 0 Å². The monoisotopic (exact) mass is 429 g/mol. The Morgan fingerprint density at radius 3 is 2.78 bits per heavy atom. The smallest absolute Gasteiger partial charge is 0.413 e. The molecule has 7 nitrogen and oxygen atoms in total. The van der Waals surface area contributed by atoms with Crippen LogP contribution in [-0.4, -0.2) is 28.7 Å². The van der Waals surface area contributed by atoms with Gasteiger partial charge in [0.05, 0.1) is 0 Å². The van der Waals surface area contributed by atoms with Crippen molar-refractivity contribution < 1.29 is 19.2 Å². The second-order valence-corrected chi connectivity index (χ2v) is 7.97. The van der Waals surface area contributed by atoms with Gasteiger partial charge in [-0.25, -0.2) is 9.78 Å². The van der Waals surface area contributed by atoms with Crippen LogP contribution in [0.25, 0.3) is 0 Å². The third-order valence-corrected chi connectivity index (χ3v) is 4.24. The lowest BCUT2D eigenvalue weighted by Crippen LogP contribution is -2.27. The number of nitrogens with zero attached hydrogens (tertiary/aromatic N) is 2. The number of halogens is 2. The summed E-state index contributed by atoms with van der Waals surface area (Å²) in [6.07, 6.45) is -0.133. The number of carbonyl (C=O) groups excluding carboxylic acids is 2. The number of ether oxygens (including phenoxy) is 1. The first-order chi connectivity index (χ1) is 12.7. The first kappa shape index (κ1) is 21.1. The van der Waals surface area contributed by atoms with Crippen LogP contribution in [0.1, 0.15) is 32.0 Å². The molecule has 0 saturated carbocycles. The minimum atomic E-state index is -0.639. The highest BCUT2D eigenvalue weighted by Gasteiger charge is 2.18. The molecule has 144 valence electrons. The Morgan fingerprint density at radius 1 is 1.37 bits per heavy atom. The molecule has 0 atom stereocenters. The van der Waals surface area contributed by atoms with Crippen LogP contribution in [0.5, 0.6) is 0 Å². The summed E-state index contributed by atoms with van der Waals surface area (Å²) in [6.45, 7) is 5.28. The highest BCUT2D eigenvalue weighted by Crippen LogP contribution is 2.22. The van der Waals surface area contributed by atoms with Gasteiger partial charge < -0.3 is 9.57 Å². The summed E-state index contributed by atoms with van der Waals surface area (Å²) in [4.78, 5) is 32.3. The number of aromatic nitrogens is 1. The number of rotatable bonds is 6. The van der Waals surface area contributed by atoms with E-state index in [0.717, 1.165) is 11.3 Å². The summed E-state index contributed by atoms with van der Waals surface area (Å²) >= 11 is 13.1. The molecule has 0 unspecified atom stereocenters. The van der Waals surface area contributed by atoms with Crippen LogP contribution < -0.4 is 5.32 Å². The minimum Gasteiger partial charge on any atom is -0.444 e. The number of amides is 1. The third-order valence-electron chi connectivity index (χ3n) is 2.88. The number of hydrogen-bond acceptors (Lipinski definition) is 7. The van der Waals surface area contributed by atoms with Crippen molar-refractivity contribution in [3.05, 3.63) is 44.9 Å². The summed E-state index contributed by atoms with van der Waals surface area (Å²) in [5, 5.41) is 9.09. The second-order valence-electron chi connectivity index (χ2n) is 6.27. The second kappa shape index (κ2) is 9.16. The van der Waals surface area contributed by atoms with Crippen molar-refractivity contribution in [1.82, 2.24) is 4.98 Å². The Bertz CT molecular complexity index is 862. The molecule has 0 saturated heterocycles. The summed E-state index contributed by atoms with van der Waals surface area (Å²) in [5.41, 5.74) is 0.235. The average Bonchev–Trinajstić information content (AvgIpc) is 3.01. The molecule has 0 fully saturated rings. The molecule has 1 aromatic carbocycles. The number of benzene rings is 1. The SMILES string of the molecule is CC(C)(C)OC(=O)Nc1nc(/C(C=O)=N/OCc2cc(Cl)ccc2Cl)cs1. The first-order valence-electron chi connectivity index (χ1n) is 7.73. The number of nitrogens with one attached hydrogen (secondary N) is 1. The van der Waals surface area contributed by atoms with E-state index in [1.807, 2.05) is 0 Å². The van der Waals surface area contributed by atoms with E-state index in [-0.39, 0.29) is 23.1 Å². The van der Waals surface area contributed by atoms with E-state index >= 15 is 0 Å². The zero-order chi connectivity index (χ0) is 20.0. The highest BCUT2D eigenvalue weighted by molar-refractivity contribution is 7.14. The Kier molecular flexibility index (Phi) is 7.18. The van der Waals surface area contributed by atoms with Gasteiger partial charge >= 0.3 is 6.09 Å². The van der Waals surface area contributed by atoms with E-state index in [4.69, 9.17) is 32.8 Å². The molecular formula is C17H17Cl2N3O4S. The normalized spacial score (nSPS) is 11.8. The van der Waals surface area contributed by atoms with Crippen molar-refractivity contribution >= 4 is 57.8 Å². The number of anilines is 1. The molecule has 1 amide bonds. The number of thiazole rings is 1. The van der Waals surface area contributed by atoms with Gasteiger partial charge in [-0.3, -0.25) is 10.1 Å². The summed E-state index contributed by atoms with van der Waals surface area (Å²) < 4.78 is 5.14. The van der Waals surface area contributed by atoms with Crippen LogP contribution >= 0.6 is 34.5 Å². The fourth-order valence-electron chi connectivity index (χ4n) is 1.79. The Morgan fingerprint density at radius 2 is 2.11 bits per heavy atom. The lowest BCUT2D eigenvalue weighted by molar-refractivity contribution is -0.102. The van der Waals surface area contributed by atoms with Crippen molar-refractivity contribution in [1.29, 1.82) is 0 Å². The van der Waals surface area contributed by atoms with E-state index in [0.29, 0.717) is 21.9 Å². The first-order valence-corrected chi connectivity index (χ1v) is 9.36. The van der Waals surface area contributed by atoms with Gasteiger partial charge in [-0.05, 0) is 39.0 Å². The summed E-state index contributed by atoms with van der Waals surface area (Å²) in [6, 6.07) is 4.94. The lowest BCUT2D eigenvalue weighted by atomic mass is 10.2. The van der Waals surface area contributed by atoms with E-state index in [2.05, 4.69) is 15.5 Å². The lowest BCUT2D eigenvalue weighted by Gasteiger charge is -2.18. The van der Waals surface area contributed by atoms with Crippen LogP contribution in [0.2, 0.25) is 10.0 Å². The quantitative estimate of drug-likeness (QED) is 0.399. The van der Waals surface area contributed by atoms with Crippen LogP contribution in [-0.2, 0) is 21.0 Å². The van der Waals surface area contributed by atoms with Gasteiger partial charge in [-0.1, -0.05) is 28.4 Å². The molecule has 0 aliphatic rings. The van der Waals surface area contributed by atoms with Gasteiger partial charge in [0, 0.05) is 21.0 Å². The maximum atomic E-state index is 11.8. The molecule has 27 heavy (non-hydrogen) atoms. The van der Waals surface area contributed by atoms with Gasteiger partial charge in [0.25, 0.3) is 0 Å². The molecule has 2 aromatic rings. The highest BCUT2D eigenvalue weighted by atomic mass is 35.5. The fraction of sp³-hybridized carbons (Fsp3) is 0.294. The third kappa shape index (κ3) is 6.82. The minimum absolute atomic E-state index is 0.0263. The maximum absolute atomic E-state index is 11.8. The molecule has 0 bridgehead atoms. The number of aldehydes is 1. The standard InChI is InChI=1S/C17H17Cl2N3O4S/c1-17(2,3)26-16(24)21-15-20-14(9-27-15)13(7-23)22-25-8-10-6-11(18)4-5-12(10)19/h4-7,9H,8H2,1-3H3,(H,20,21,24)/b22-13+. The van der Waals surface area contributed by atoms with E-state index in [9.17, 15) is 9.59 Å². The van der Waals surface area contributed by atoms with Crippen molar-refractivity contribution in [3.8, 4) is 0 Å². The molecule has 0 aliphatic carbocycles. The van der Waals surface area contributed by atoms with E-state index in [1.54, 1.807) is 44.4 Å². The number of hydrogen-bond donors (Lipinski definition) is 1. The molecular weight excluding hydrogens is 413 g/mol. The molecule has 10 heteroatoms. The van der Waals surface area contributed by atoms with Gasteiger partial charge in [0.1, 0.15) is 17.9 Å². The topological polar surface area (TPSA) is 89.9 Å². The van der Waals surface area contributed by atoms with Crippen LogP contribution in [0.3, 0.4) is 0 Å². The maximum Gasteiger partial charge on any atom is 0.413 e. The van der Waals surface area contributed by atoms with Crippen molar-refractivity contribution in [2.75, 3.05) is 5.32 Å². The molecule has 0 aliphatic heterocycles. The zero-order valence-electron chi connectivity index (χ0n) is 14.8. The molecule has 0 spiro atoms. The van der Waals surface area contributed by atoms with Crippen molar-refractivity contribution in [2.24, 2.45) is 5.16 Å². The Labute approximate surface area is 170 Å².